The molecule has 4 nitrogen and oxygen atoms in total. The summed E-state index contributed by atoms with van der Waals surface area (Å²) in [6.45, 7) is 5.87. The lowest BCUT2D eigenvalue weighted by molar-refractivity contribution is 0.0422. The maximum atomic E-state index is 11.1. The minimum atomic E-state index is -1.11. The molecule has 0 heterocycles. The average Bonchev–Trinajstić information content (AvgIpc) is 2.87. The second-order valence-corrected chi connectivity index (χ2v) is 12.1. The lowest BCUT2D eigenvalue weighted by Crippen LogP contribution is -2.16. The van der Waals surface area contributed by atoms with E-state index < -0.39 is 6.16 Å². The Kier molecular flexibility index (Phi) is 28.2. The van der Waals surface area contributed by atoms with Gasteiger partial charge in [-0.05, 0) is 90.8 Å². The lowest BCUT2D eigenvalue weighted by Gasteiger charge is -2.16. The van der Waals surface area contributed by atoms with E-state index in [1.54, 1.807) is 0 Å². The molecule has 0 aliphatic rings. The fraction of sp³-hybridized carbons (Fsp3) is 0.912. The largest absolute Gasteiger partial charge is 0.506 e. The molecule has 0 radical (unpaired) electrons. The minimum Gasteiger partial charge on any atom is -0.450 e. The van der Waals surface area contributed by atoms with Crippen molar-refractivity contribution in [1.29, 1.82) is 0 Å². The van der Waals surface area contributed by atoms with Crippen LogP contribution in [0.3, 0.4) is 0 Å². The number of carbonyl (C=O) groups is 1. The van der Waals surface area contributed by atoms with Crippen molar-refractivity contribution < 1.29 is 14.6 Å². The highest BCUT2D eigenvalue weighted by Crippen LogP contribution is 2.19. The van der Waals surface area contributed by atoms with E-state index in [0.717, 1.165) is 31.6 Å². The summed E-state index contributed by atoms with van der Waals surface area (Å²) in [4.78, 5) is 13.4. The van der Waals surface area contributed by atoms with Gasteiger partial charge in [0.2, 0.25) is 0 Å². The molecular weight excluding hydrogens is 470 g/mol. The van der Waals surface area contributed by atoms with Crippen LogP contribution in [0.4, 0.5) is 4.79 Å². The van der Waals surface area contributed by atoms with Gasteiger partial charge in [-0.25, -0.2) is 4.79 Å². The van der Waals surface area contributed by atoms with E-state index in [0.29, 0.717) is 0 Å². The molecule has 2 atom stereocenters. The van der Waals surface area contributed by atoms with Gasteiger partial charge in [-0.3, -0.25) is 0 Å². The van der Waals surface area contributed by atoms with E-state index in [9.17, 15) is 4.79 Å². The molecule has 0 aromatic carbocycles. The molecule has 0 rings (SSSR count). The van der Waals surface area contributed by atoms with Gasteiger partial charge >= 0.3 is 6.16 Å². The van der Waals surface area contributed by atoms with Crippen LogP contribution in [-0.4, -0.2) is 42.9 Å². The number of carboxylic acid groups (broad SMARTS) is 1. The Morgan fingerprint density at radius 1 is 0.658 bits per heavy atom. The van der Waals surface area contributed by atoms with E-state index in [-0.39, 0.29) is 6.10 Å². The molecule has 0 fully saturated rings. The average molecular weight is 538 g/mol. The maximum Gasteiger partial charge on any atom is 0.506 e. The summed E-state index contributed by atoms with van der Waals surface area (Å²) in [7, 11) is 4.31. The molecule has 38 heavy (non-hydrogen) atoms. The SMILES string of the molecule is CCCCCCCC/C=C\CCCCCCCC(CCCCCCCCC(C)CCCN(C)C)OC(=O)O. The van der Waals surface area contributed by atoms with Crippen molar-refractivity contribution in [2.24, 2.45) is 5.92 Å². The lowest BCUT2D eigenvalue weighted by atomic mass is 9.97. The summed E-state index contributed by atoms with van der Waals surface area (Å²) < 4.78 is 5.19. The van der Waals surface area contributed by atoms with Crippen molar-refractivity contribution in [1.82, 2.24) is 4.90 Å². The molecule has 1 N–H and O–H groups in total. The van der Waals surface area contributed by atoms with Gasteiger partial charge in [-0.15, -0.1) is 0 Å². The summed E-state index contributed by atoms with van der Waals surface area (Å²) in [6.07, 6.45) is 33.6. The predicted octanol–water partition coefficient (Wildman–Crippen LogP) is 11.2. The Morgan fingerprint density at radius 2 is 1.08 bits per heavy atom. The standard InChI is InChI=1S/C34H67NO3/c1-5-6-7-8-9-10-11-12-13-14-15-16-17-21-24-29-33(38-34(36)37)30-25-22-19-18-20-23-27-32(2)28-26-31-35(3)4/h12-13,32-33H,5-11,14-31H2,1-4H3,(H,36,37)/b13-12-. The van der Waals surface area contributed by atoms with Crippen LogP contribution in [-0.2, 0) is 4.74 Å². The summed E-state index contributed by atoms with van der Waals surface area (Å²) in [5.41, 5.74) is 0. The molecule has 4 heteroatoms. The number of hydrogen-bond donors (Lipinski definition) is 1. The molecule has 0 saturated heterocycles. The van der Waals surface area contributed by atoms with E-state index in [4.69, 9.17) is 9.84 Å². The van der Waals surface area contributed by atoms with E-state index in [1.165, 1.54) is 135 Å². The van der Waals surface area contributed by atoms with Crippen LogP contribution in [0.25, 0.3) is 0 Å². The van der Waals surface area contributed by atoms with Gasteiger partial charge < -0.3 is 14.7 Å². The molecule has 0 aliphatic heterocycles. The molecule has 0 saturated carbocycles. The molecule has 226 valence electrons. The highest BCUT2D eigenvalue weighted by Gasteiger charge is 2.13. The summed E-state index contributed by atoms with van der Waals surface area (Å²) in [5, 5.41) is 9.10. The van der Waals surface area contributed by atoms with Crippen molar-refractivity contribution in [3.8, 4) is 0 Å². The molecule has 0 amide bonds. The van der Waals surface area contributed by atoms with E-state index >= 15 is 0 Å². The first-order valence-electron chi connectivity index (χ1n) is 16.6. The quantitative estimate of drug-likeness (QED) is 0.0585. The molecule has 2 unspecified atom stereocenters. The second-order valence-electron chi connectivity index (χ2n) is 12.1. The van der Waals surface area contributed by atoms with E-state index in [1.807, 2.05) is 0 Å². The highest BCUT2D eigenvalue weighted by atomic mass is 16.7. The van der Waals surface area contributed by atoms with Crippen LogP contribution in [0, 0.1) is 5.92 Å². The molecule has 0 aromatic heterocycles. The summed E-state index contributed by atoms with van der Waals surface area (Å²) >= 11 is 0. The Balaban J connectivity index is 3.63. The number of hydrogen-bond acceptors (Lipinski definition) is 3. The summed E-state index contributed by atoms with van der Waals surface area (Å²) in [6, 6.07) is 0. The normalized spacial score (nSPS) is 13.4. The predicted molar refractivity (Wildman–Crippen MR) is 166 cm³/mol. The van der Waals surface area contributed by atoms with Gasteiger partial charge in [0.25, 0.3) is 0 Å². The third-order valence-corrected chi connectivity index (χ3v) is 7.83. The molecule has 0 spiro atoms. The van der Waals surface area contributed by atoms with Crippen LogP contribution in [0.15, 0.2) is 12.2 Å². The Bertz CT molecular complexity index is 520. The summed E-state index contributed by atoms with van der Waals surface area (Å²) in [5.74, 6) is 0.848. The van der Waals surface area contributed by atoms with E-state index in [2.05, 4.69) is 45.0 Å². The molecule has 0 aliphatic carbocycles. The molecule has 0 bridgehead atoms. The number of allylic oxidation sites excluding steroid dienone is 2. The fourth-order valence-corrected chi connectivity index (χ4v) is 5.32. The Hall–Kier alpha value is -1.03. The maximum absolute atomic E-state index is 11.1. The van der Waals surface area contributed by atoms with Crippen molar-refractivity contribution in [2.75, 3.05) is 20.6 Å². The topological polar surface area (TPSA) is 49.8 Å². The van der Waals surface area contributed by atoms with Gasteiger partial charge in [-0.1, -0.05) is 116 Å². The zero-order valence-corrected chi connectivity index (χ0v) is 26.2. The van der Waals surface area contributed by atoms with Gasteiger partial charge in [-0.2, -0.15) is 0 Å². The monoisotopic (exact) mass is 538 g/mol. The molecular formula is C34H67NO3. The first-order chi connectivity index (χ1) is 18.5. The van der Waals surface area contributed by atoms with Gasteiger partial charge in [0.05, 0.1) is 0 Å². The number of unbranched alkanes of at least 4 members (excludes halogenated alkanes) is 16. The van der Waals surface area contributed by atoms with Crippen molar-refractivity contribution in [3.05, 3.63) is 12.2 Å². The highest BCUT2D eigenvalue weighted by molar-refractivity contribution is 5.57. The van der Waals surface area contributed by atoms with Gasteiger partial charge in [0.15, 0.2) is 0 Å². The Labute approximate surface area is 238 Å². The molecule has 0 aromatic rings. The van der Waals surface area contributed by atoms with Crippen molar-refractivity contribution in [2.45, 2.75) is 174 Å². The van der Waals surface area contributed by atoms with Crippen LogP contribution < -0.4 is 0 Å². The minimum absolute atomic E-state index is 0.111. The van der Waals surface area contributed by atoms with Crippen molar-refractivity contribution >= 4 is 6.16 Å². The van der Waals surface area contributed by atoms with Gasteiger partial charge in [0, 0.05) is 0 Å². The smallest absolute Gasteiger partial charge is 0.450 e. The van der Waals surface area contributed by atoms with Crippen molar-refractivity contribution in [3.63, 3.8) is 0 Å². The number of nitrogens with zero attached hydrogens (tertiary/aromatic N) is 1. The fourth-order valence-electron chi connectivity index (χ4n) is 5.32. The first kappa shape index (κ1) is 37.0. The third-order valence-electron chi connectivity index (χ3n) is 7.83. The van der Waals surface area contributed by atoms with Crippen LogP contribution in [0.5, 0.6) is 0 Å². The van der Waals surface area contributed by atoms with Crippen LogP contribution in [0.2, 0.25) is 0 Å². The van der Waals surface area contributed by atoms with Crippen LogP contribution >= 0.6 is 0 Å². The Morgan fingerprint density at radius 3 is 1.55 bits per heavy atom. The third kappa shape index (κ3) is 29.5. The second kappa shape index (κ2) is 29.0. The number of ether oxygens (including phenoxy) is 1. The zero-order chi connectivity index (χ0) is 28.1. The van der Waals surface area contributed by atoms with Crippen LogP contribution in [0.1, 0.15) is 168 Å². The van der Waals surface area contributed by atoms with Gasteiger partial charge in [0.1, 0.15) is 6.10 Å². The zero-order valence-electron chi connectivity index (χ0n) is 26.2. The first-order valence-corrected chi connectivity index (χ1v) is 16.6. The number of rotatable bonds is 29.